The van der Waals surface area contributed by atoms with Crippen molar-refractivity contribution in [2.24, 2.45) is 0 Å². The molecule has 0 fully saturated rings. The van der Waals surface area contributed by atoms with Crippen molar-refractivity contribution in [3.8, 4) is 5.75 Å². The first-order valence-electron chi connectivity index (χ1n) is 7.36. The molecular formula is C17H17ClF3N3O. The predicted octanol–water partition coefficient (Wildman–Crippen LogP) is 4.88. The van der Waals surface area contributed by atoms with Gasteiger partial charge in [-0.15, -0.1) is 25.6 Å². The van der Waals surface area contributed by atoms with E-state index in [9.17, 15) is 13.2 Å². The first-order valence-corrected chi connectivity index (χ1v) is 7.36. The van der Waals surface area contributed by atoms with Gasteiger partial charge in [-0.25, -0.2) is 4.98 Å². The number of aromatic nitrogens is 2. The minimum absolute atomic E-state index is 0. The Labute approximate surface area is 149 Å². The molecular weight excluding hydrogens is 355 g/mol. The minimum atomic E-state index is -4.67. The van der Waals surface area contributed by atoms with Crippen LogP contribution in [0.4, 0.5) is 18.9 Å². The molecule has 0 aliphatic heterocycles. The van der Waals surface area contributed by atoms with Crippen LogP contribution in [0.2, 0.25) is 0 Å². The van der Waals surface area contributed by atoms with Crippen molar-refractivity contribution in [2.45, 2.75) is 26.8 Å². The zero-order chi connectivity index (χ0) is 17.3. The Hall–Kier alpha value is -2.41. The van der Waals surface area contributed by atoms with Gasteiger partial charge in [0.25, 0.3) is 0 Å². The van der Waals surface area contributed by atoms with Crippen molar-refractivity contribution in [1.29, 1.82) is 0 Å². The molecule has 0 amide bonds. The normalized spacial score (nSPS) is 11.2. The van der Waals surface area contributed by atoms with E-state index in [1.807, 2.05) is 36.6 Å². The van der Waals surface area contributed by atoms with Crippen LogP contribution in [0.25, 0.3) is 5.65 Å². The van der Waals surface area contributed by atoms with Crippen LogP contribution in [-0.2, 0) is 6.54 Å². The number of imidazole rings is 1. The maximum absolute atomic E-state index is 12.2. The number of rotatable bonds is 4. The van der Waals surface area contributed by atoms with Crippen molar-refractivity contribution < 1.29 is 17.9 Å². The lowest BCUT2D eigenvalue weighted by atomic mass is 10.2. The van der Waals surface area contributed by atoms with E-state index in [0.717, 1.165) is 28.3 Å². The molecule has 4 nitrogen and oxygen atoms in total. The number of hydrogen-bond donors (Lipinski definition) is 1. The Morgan fingerprint density at radius 1 is 1.12 bits per heavy atom. The van der Waals surface area contributed by atoms with E-state index in [1.54, 1.807) is 12.1 Å². The molecule has 0 saturated carbocycles. The highest BCUT2D eigenvalue weighted by molar-refractivity contribution is 5.85. The molecule has 3 rings (SSSR count). The van der Waals surface area contributed by atoms with Gasteiger partial charge in [0, 0.05) is 18.4 Å². The zero-order valence-corrected chi connectivity index (χ0v) is 14.4. The monoisotopic (exact) mass is 371 g/mol. The van der Waals surface area contributed by atoms with Crippen LogP contribution >= 0.6 is 12.4 Å². The van der Waals surface area contributed by atoms with E-state index >= 15 is 0 Å². The molecule has 25 heavy (non-hydrogen) atoms. The summed E-state index contributed by atoms with van der Waals surface area (Å²) >= 11 is 0. The SMILES string of the molecule is Cc1nc2c(NCc3ccc(OC(F)(F)F)cc3)cccn2c1C.Cl. The molecule has 0 aliphatic carbocycles. The van der Waals surface area contributed by atoms with Gasteiger partial charge in [0.1, 0.15) is 5.75 Å². The highest BCUT2D eigenvalue weighted by Crippen LogP contribution is 2.24. The van der Waals surface area contributed by atoms with Gasteiger partial charge < -0.3 is 14.5 Å². The number of ether oxygens (including phenoxy) is 1. The van der Waals surface area contributed by atoms with Gasteiger partial charge in [0.2, 0.25) is 0 Å². The van der Waals surface area contributed by atoms with Gasteiger partial charge in [0.05, 0.1) is 11.4 Å². The number of halogens is 4. The highest BCUT2D eigenvalue weighted by atomic mass is 35.5. The Morgan fingerprint density at radius 3 is 2.44 bits per heavy atom. The van der Waals surface area contributed by atoms with Gasteiger partial charge >= 0.3 is 6.36 Å². The van der Waals surface area contributed by atoms with Gasteiger partial charge in [-0.2, -0.15) is 0 Å². The van der Waals surface area contributed by atoms with Crippen LogP contribution < -0.4 is 10.1 Å². The third-order valence-corrected chi connectivity index (χ3v) is 3.77. The number of alkyl halides is 3. The quantitative estimate of drug-likeness (QED) is 0.710. The van der Waals surface area contributed by atoms with Gasteiger partial charge in [-0.3, -0.25) is 0 Å². The number of aryl methyl sites for hydroxylation is 2. The minimum Gasteiger partial charge on any atom is -0.406 e. The third kappa shape index (κ3) is 4.36. The van der Waals surface area contributed by atoms with Crippen molar-refractivity contribution in [2.75, 3.05) is 5.32 Å². The molecule has 3 aromatic rings. The Balaban J connectivity index is 0.00000225. The molecule has 0 radical (unpaired) electrons. The second-order valence-corrected chi connectivity index (χ2v) is 5.44. The number of nitrogens with zero attached hydrogens (tertiary/aromatic N) is 2. The smallest absolute Gasteiger partial charge is 0.406 e. The molecule has 0 spiro atoms. The average Bonchev–Trinajstić information content (AvgIpc) is 2.81. The van der Waals surface area contributed by atoms with Crippen molar-refractivity contribution in [3.05, 3.63) is 59.5 Å². The molecule has 0 atom stereocenters. The molecule has 134 valence electrons. The van der Waals surface area contributed by atoms with Crippen LogP contribution in [0.1, 0.15) is 17.0 Å². The average molecular weight is 372 g/mol. The van der Waals surface area contributed by atoms with Crippen molar-refractivity contribution in [1.82, 2.24) is 9.38 Å². The molecule has 2 heterocycles. The number of benzene rings is 1. The maximum Gasteiger partial charge on any atom is 0.573 e. The zero-order valence-electron chi connectivity index (χ0n) is 13.6. The molecule has 2 aromatic heterocycles. The number of nitrogens with one attached hydrogen (secondary N) is 1. The summed E-state index contributed by atoms with van der Waals surface area (Å²) in [6, 6.07) is 9.63. The predicted molar refractivity (Wildman–Crippen MR) is 92.4 cm³/mol. The van der Waals surface area contributed by atoms with Gasteiger partial charge in [-0.1, -0.05) is 12.1 Å². The summed E-state index contributed by atoms with van der Waals surface area (Å²) < 4.78 is 42.3. The number of pyridine rings is 1. The lowest BCUT2D eigenvalue weighted by Gasteiger charge is -2.10. The van der Waals surface area contributed by atoms with E-state index in [1.165, 1.54) is 12.1 Å². The van der Waals surface area contributed by atoms with Crippen LogP contribution in [0.15, 0.2) is 42.6 Å². The van der Waals surface area contributed by atoms with E-state index in [-0.39, 0.29) is 18.2 Å². The Bertz CT molecular complexity index is 860. The largest absolute Gasteiger partial charge is 0.573 e. The van der Waals surface area contributed by atoms with Crippen molar-refractivity contribution in [3.63, 3.8) is 0 Å². The number of hydrogen-bond acceptors (Lipinski definition) is 3. The molecule has 0 unspecified atom stereocenters. The second-order valence-electron chi connectivity index (χ2n) is 5.44. The number of anilines is 1. The summed E-state index contributed by atoms with van der Waals surface area (Å²) in [6.45, 7) is 4.42. The van der Waals surface area contributed by atoms with E-state index in [2.05, 4.69) is 15.0 Å². The molecule has 0 aliphatic rings. The first-order chi connectivity index (χ1) is 11.3. The van der Waals surface area contributed by atoms with Crippen LogP contribution in [-0.4, -0.2) is 15.7 Å². The lowest BCUT2D eigenvalue weighted by Crippen LogP contribution is -2.17. The highest BCUT2D eigenvalue weighted by Gasteiger charge is 2.30. The Kier molecular flexibility index (Phi) is 5.47. The molecule has 1 N–H and O–H groups in total. The topological polar surface area (TPSA) is 38.6 Å². The van der Waals surface area contributed by atoms with Gasteiger partial charge in [0.15, 0.2) is 5.65 Å². The van der Waals surface area contributed by atoms with Crippen LogP contribution in [0.3, 0.4) is 0 Å². The lowest BCUT2D eigenvalue weighted by molar-refractivity contribution is -0.274. The first kappa shape index (κ1) is 18.9. The van der Waals surface area contributed by atoms with Crippen LogP contribution in [0.5, 0.6) is 5.75 Å². The fraction of sp³-hybridized carbons (Fsp3) is 0.235. The molecule has 0 saturated heterocycles. The summed E-state index contributed by atoms with van der Waals surface area (Å²) in [7, 11) is 0. The summed E-state index contributed by atoms with van der Waals surface area (Å²) in [4.78, 5) is 4.53. The van der Waals surface area contributed by atoms with Gasteiger partial charge in [-0.05, 0) is 43.7 Å². The molecule has 0 bridgehead atoms. The molecule has 8 heteroatoms. The van der Waals surface area contributed by atoms with Crippen LogP contribution in [0, 0.1) is 13.8 Å². The Morgan fingerprint density at radius 2 is 1.80 bits per heavy atom. The van der Waals surface area contributed by atoms with Crippen molar-refractivity contribution >= 4 is 23.7 Å². The number of fused-ring (bicyclic) bond motifs is 1. The summed E-state index contributed by atoms with van der Waals surface area (Å²) in [6.07, 6.45) is -2.73. The fourth-order valence-corrected chi connectivity index (χ4v) is 2.44. The van der Waals surface area contributed by atoms with E-state index < -0.39 is 6.36 Å². The van der Waals surface area contributed by atoms with E-state index in [4.69, 9.17) is 0 Å². The maximum atomic E-state index is 12.2. The molecule has 1 aromatic carbocycles. The summed E-state index contributed by atoms with van der Waals surface area (Å²) in [5, 5.41) is 3.27. The van der Waals surface area contributed by atoms with E-state index in [0.29, 0.717) is 6.54 Å². The standard InChI is InChI=1S/C17H16F3N3O.ClH/c1-11-12(2)23-9-3-4-15(16(23)22-11)21-10-13-5-7-14(8-6-13)24-17(18,19)20;/h3-9,21H,10H2,1-2H3;1H. The third-order valence-electron chi connectivity index (χ3n) is 3.77. The summed E-state index contributed by atoms with van der Waals surface area (Å²) in [5.41, 5.74) is 4.56. The fourth-order valence-electron chi connectivity index (χ4n) is 2.44. The second kappa shape index (κ2) is 7.23. The summed E-state index contributed by atoms with van der Waals surface area (Å²) in [5.74, 6) is -0.229.